The maximum atomic E-state index is 11.9. The van der Waals surface area contributed by atoms with Crippen LogP contribution in [0.25, 0.3) is 0 Å². The average molecular weight is 315 g/mol. The Kier molecular flexibility index (Phi) is 4.35. The zero-order valence-corrected chi connectivity index (χ0v) is 11.8. The summed E-state index contributed by atoms with van der Waals surface area (Å²) in [7, 11) is 0. The van der Waals surface area contributed by atoms with Gasteiger partial charge >= 0.3 is 11.8 Å². The van der Waals surface area contributed by atoms with Gasteiger partial charge < -0.3 is 25.4 Å². The van der Waals surface area contributed by atoms with Crippen molar-refractivity contribution in [1.82, 2.24) is 14.9 Å². The molecule has 0 unspecified atom stereocenters. The van der Waals surface area contributed by atoms with Gasteiger partial charge in [0.15, 0.2) is 0 Å². The molecule has 10 nitrogen and oxygen atoms in total. The van der Waals surface area contributed by atoms with Gasteiger partial charge in [-0.25, -0.2) is 9.59 Å². The fourth-order valence-corrected chi connectivity index (χ4v) is 2.47. The van der Waals surface area contributed by atoms with Crippen LogP contribution in [0.1, 0.15) is 18.2 Å². The van der Waals surface area contributed by atoms with Crippen LogP contribution in [-0.4, -0.2) is 55.8 Å². The molecule has 1 fully saturated rings. The Morgan fingerprint density at radius 3 is 2.68 bits per heavy atom. The molecule has 0 saturated carbocycles. The van der Waals surface area contributed by atoms with E-state index in [0.29, 0.717) is 0 Å². The van der Waals surface area contributed by atoms with Gasteiger partial charge in [0.25, 0.3) is 5.56 Å². The molecule has 2 atom stereocenters. The van der Waals surface area contributed by atoms with E-state index in [2.05, 4.69) is 10.3 Å². The molecular formula is C12H17N3O7. The van der Waals surface area contributed by atoms with E-state index in [0.717, 1.165) is 4.57 Å². The molecule has 1 aliphatic rings. The molecule has 1 saturated heterocycles. The second kappa shape index (κ2) is 5.91. The first-order valence-corrected chi connectivity index (χ1v) is 6.54. The molecule has 1 aliphatic heterocycles. The van der Waals surface area contributed by atoms with Gasteiger partial charge in [-0.15, -0.1) is 0 Å². The number of rotatable bonds is 4. The van der Waals surface area contributed by atoms with Crippen molar-refractivity contribution in [1.29, 1.82) is 0 Å². The number of ether oxygens (including phenoxy) is 1. The molecule has 0 aliphatic carbocycles. The summed E-state index contributed by atoms with van der Waals surface area (Å²) in [6.45, 7) is 0.228. The minimum absolute atomic E-state index is 0.0127. The Labute approximate surface area is 124 Å². The van der Waals surface area contributed by atoms with Crippen LogP contribution in [0.4, 0.5) is 4.79 Å². The third kappa shape index (κ3) is 2.75. The molecule has 0 aromatic carbocycles. The zero-order chi connectivity index (χ0) is 16.5. The lowest BCUT2D eigenvalue weighted by atomic mass is 9.96. The molecule has 5 N–H and O–H groups in total. The first kappa shape index (κ1) is 16.2. The number of carbonyl (C=O) groups is 1. The lowest BCUT2D eigenvalue weighted by molar-refractivity contribution is -0.129. The Morgan fingerprint density at radius 1 is 1.50 bits per heavy atom. The number of nitrogens with one attached hydrogen (secondary N) is 2. The highest BCUT2D eigenvalue weighted by Crippen LogP contribution is 2.35. The fourth-order valence-electron chi connectivity index (χ4n) is 2.47. The molecule has 2 rings (SSSR count). The van der Waals surface area contributed by atoms with Crippen LogP contribution in [0, 0.1) is 6.92 Å². The summed E-state index contributed by atoms with van der Waals surface area (Å²) in [4.78, 5) is 36.2. The standard InChI is InChI=1S/C12H17N3O7/c1-6-3-15(10(19)14-9(6)18)8-2-7(13-11(20)21)12(4-16,5-17)22-8/h3,7-8,13,16-17H,2,4-5H2,1H3,(H,20,21)(H,14,18,19)/t7-,8+/m0/s1. The largest absolute Gasteiger partial charge is 0.465 e. The number of aliphatic hydroxyl groups is 2. The van der Waals surface area contributed by atoms with Gasteiger partial charge in [-0.3, -0.25) is 14.3 Å². The maximum Gasteiger partial charge on any atom is 0.404 e. The second-order valence-electron chi connectivity index (χ2n) is 5.17. The van der Waals surface area contributed by atoms with E-state index in [4.69, 9.17) is 9.84 Å². The van der Waals surface area contributed by atoms with Crippen molar-refractivity contribution in [3.8, 4) is 0 Å². The maximum absolute atomic E-state index is 11.9. The SMILES string of the molecule is Cc1cn([C@H]2C[C@H](NC(=O)O)C(CO)(CO)O2)c(=O)[nH]c1=O. The number of hydrogen-bond acceptors (Lipinski definition) is 6. The summed E-state index contributed by atoms with van der Waals surface area (Å²) < 4.78 is 6.64. The van der Waals surface area contributed by atoms with Crippen LogP contribution in [0.3, 0.4) is 0 Å². The van der Waals surface area contributed by atoms with Crippen LogP contribution in [0.15, 0.2) is 15.8 Å². The van der Waals surface area contributed by atoms with Gasteiger partial charge in [0.2, 0.25) is 0 Å². The molecule has 0 bridgehead atoms. The quantitative estimate of drug-likeness (QED) is 0.436. The van der Waals surface area contributed by atoms with Gasteiger partial charge in [0, 0.05) is 18.2 Å². The molecule has 2 heterocycles. The molecule has 0 radical (unpaired) electrons. The van der Waals surface area contributed by atoms with Gasteiger partial charge in [-0.05, 0) is 6.92 Å². The summed E-state index contributed by atoms with van der Waals surface area (Å²) in [5, 5.41) is 29.9. The van der Waals surface area contributed by atoms with Crippen LogP contribution < -0.4 is 16.6 Å². The monoisotopic (exact) mass is 315 g/mol. The number of aliphatic hydroxyl groups excluding tert-OH is 2. The molecule has 1 amide bonds. The van der Waals surface area contributed by atoms with Crippen molar-refractivity contribution < 1.29 is 24.9 Å². The number of amides is 1. The van der Waals surface area contributed by atoms with Crippen LogP contribution >= 0.6 is 0 Å². The van der Waals surface area contributed by atoms with Gasteiger partial charge in [0.1, 0.15) is 11.8 Å². The van der Waals surface area contributed by atoms with Crippen molar-refractivity contribution in [2.75, 3.05) is 13.2 Å². The van der Waals surface area contributed by atoms with Crippen LogP contribution in [-0.2, 0) is 4.74 Å². The second-order valence-corrected chi connectivity index (χ2v) is 5.17. The number of aromatic nitrogens is 2. The van der Waals surface area contributed by atoms with Crippen molar-refractivity contribution in [2.24, 2.45) is 0 Å². The predicted octanol–water partition coefficient (Wildman–Crippen LogP) is -1.88. The number of aryl methyl sites for hydroxylation is 1. The van der Waals surface area contributed by atoms with E-state index in [1.807, 2.05) is 0 Å². The van der Waals surface area contributed by atoms with Gasteiger partial charge in [0.05, 0.1) is 19.3 Å². The van der Waals surface area contributed by atoms with Crippen molar-refractivity contribution in [3.05, 3.63) is 32.6 Å². The van der Waals surface area contributed by atoms with Crippen LogP contribution in [0.5, 0.6) is 0 Å². The van der Waals surface area contributed by atoms with Crippen molar-refractivity contribution in [3.63, 3.8) is 0 Å². The smallest absolute Gasteiger partial charge is 0.404 e. The third-order valence-corrected chi connectivity index (χ3v) is 3.73. The Bertz CT molecular complexity index is 676. The minimum atomic E-state index is -1.55. The molecule has 0 spiro atoms. The van der Waals surface area contributed by atoms with Gasteiger partial charge in [-0.1, -0.05) is 0 Å². The summed E-state index contributed by atoms with van der Waals surface area (Å²) in [6, 6.07) is -0.913. The predicted molar refractivity (Wildman–Crippen MR) is 72.6 cm³/mol. The van der Waals surface area contributed by atoms with Crippen LogP contribution in [0.2, 0.25) is 0 Å². The lowest BCUT2D eigenvalue weighted by Crippen LogP contribution is -2.54. The number of aromatic amines is 1. The molecular weight excluding hydrogens is 298 g/mol. The van der Waals surface area contributed by atoms with E-state index < -0.39 is 48.4 Å². The number of carboxylic acid groups (broad SMARTS) is 1. The van der Waals surface area contributed by atoms with E-state index in [-0.39, 0.29) is 12.0 Å². The fraction of sp³-hybridized carbons (Fsp3) is 0.583. The molecule has 10 heteroatoms. The molecule has 122 valence electrons. The topological polar surface area (TPSA) is 154 Å². The summed E-state index contributed by atoms with van der Waals surface area (Å²) in [6.07, 6.45) is -0.974. The molecule has 22 heavy (non-hydrogen) atoms. The molecule has 1 aromatic heterocycles. The highest BCUT2D eigenvalue weighted by atomic mass is 16.6. The van der Waals surface area contributed by atoms with Crippen molar-refractivity contribution >= 4 is 6.09 Å². The Hall–Kier alpha value is -2.17. The number of hydrogen-bond donors (Lipinski definition) is 5. The number of nitrogens with zero attached hydrogens (tertiary/aromatic N) is 1. The third-order valence-electron chi connectivity index (χ3n) is 3.73. The summed E-state index contributed by atoms with van der Waals surface area (Å²) >= 11 is 0. The average Bonchev–Trinajstić information content (AvgIpc) is 2.81. The summed E-state index contributed by atoms with van der Waals surface area (Å²) in [5.41, 5.74) is -2.53. The van der Waals surface area contributed by atoms with E-state index in [1.54, 1.807) is 0 Å². The Morgan fingerprint density at radius 2 is 2.14 bits per heavy atom. The van der Waals surface area contributed by atoms with E-state index in [9.17, 15) is 24.6 Å². The highest BCUT2D eigenvalue weighted by molar-refractivity contribution is 5.65. The van der Waals surface area contributed by atoms with Crippen molar-refractivity contribution in [2.45, 2.75) is 31.2 Å². The lowest BCUT2D eigenvalue weighted by Gasteiger charge is -2.30. The number of H-pyrrole nitrogens is 1. The van der Waals surface area contributed by atoms with E-state index in [1.165, 1.54) is 13.1 Å². The normalized spacial score (nSPS) is 23.4. The zero-order valence-electron chi connectivity index (χ0n) is 11.8. The molecule has 1 aromatic rings. The minimum Gasteiger partial charge on any atom is -0.465 e. The first-order chi connectivity index (χ1) is 10.3. The van der Waals surface area contributed by atoms with Gasteiger partial charge in [-0.2, -0.15) is 0 Å². The Balaban J connectivity index is 2.39. The highest BCUT2D eigenvalue weighted by Gasteiger charge is 2.50. The summed E-state index contributed by atoms with van der Waals surface area (Å²) in [5.74, 6) is 0. The first-order valence-electron chi connectivity index (χ1n) is 6.54. The van der Waals surface area contributed by atoms with E-state index >= 15 is 0 Å².